The molecule has 1 aliphatic heterocycles. The minimum atomic E-state index is -1.63. The molecule has 3 amide bonds. The molecule has 4 rings (SSSR count). The van der Waals surface area contributed by atoms with E-state index in [1.54, 1.807) is 6.08 Å². The normalized spacial score (nSPS) is 19.0. The minimum absolute atomic E-state index is 0.260. The highest BCUT2D eigenvalue weighted by atomic mass is 16.5. The molecule has 226 valence electrons. The summed E-state index contributed by atoms with van der Waals surface area (Å²) in [5.41, 5.74) is 2.58. The van der Waals surface area contributed by atoms with Crippen molar-refractivity contribution in [2.75, 3.05) is 5.32 Å². The van der Waals surface area contributed by atoms with Crippen molar-refractivity contribution < 1.29 is 33.8 Å². The first-order chi connectivity index (χ1) is 20.7. The smallest absolute Gasteiger partial charge is 0.336 e. The summed E-state index contributed by atoms with van der Waals surface area (Å²) in [4.78, 5) is 60.5. The Bertz CT molecular complexity index is 1350. The number of unbranched alkanes of at least 4 members (excludes halogenated alkanes) is 2. The molecule has 9 nitrogen and oxygen atoms in total. The fourth-order valence-electron chi connectivity index (χ4n) is 5.66. The van der Waals surface area contributed by atoms with Crippen molar-refractivity contribution in [3.63, 3.8) is 0 Å². The Morgan fingerprint density at radius 2 is 1.60 bits per heavy atom. The van der Waals surface area contributed by atoms with Gasteiger partial charge in [-0.15, -0.1) is 0 Å². The Hall–Kier alpha value is -4.53. The van der Waals surface area contributed by atoms with E-state index in [1.807, 2.05) is 12.1 Å². The molecular formula is C34H38N2O7. The largest absolute Gasteiger partial charge is 0.480 e. The maximum absolute atomic E-state index is 12.4. The van der Waals surface area contributed by atoms with Gasteiger partial charge in [0.15, 0.2) is 0 Å². The SMILES string of the molecule is CCCCCC1CCC(c2ccc(/C=C/C(=O)Oc3ccc(NC(=O)CC(C(=O)O)N4C(=O)C=CC4=O)cc3)cc2)CC1. The van der Waals surface area contributed by atoms with Gasteiger partial charge in [-0.2, -0.15) is 0 Å². The number of ether oxygens (including phenoxy) is 1. The summed E-state index contributed by atoms with van der Waals surface area (Å²) in [5, 5.41) is 11.9. The van der Waals surface area contributed by atoms with Crippen molar-refractivity contribution in [3.8, 4) is 5.75 Å². The number of carbonyl (C=O) groups excluding carboxylic acids is 4. The Morgan fingerprint density at radius 1 is 0.953 bits per heavy atom. The molecule has 9 heteroatoms. The molecule has 43 heavy (non-hydrogen) atoms. The zero-order valence-electron chi connectivity index (χ0n) is 24.4. The number of esters is 1. The molecule has 1 atom stereocenters. The molecule has 1 aliphatic carbocycles. The molecule has 1 unspecified atom stereocenters. The highest BCUT2D eigenvalue weighted by Gasteiger charge is 2.37. The van der Waals surface area contributed by atoms with E-state index < -0.39 is 42.1 Å². The number of carboxylic acid groups (broad SMARTS) is 1. The number of aliphatic carboxylic acids is 1. The first kappa shape index (κ1) is 31.4. The van der Waals surface area contributed by atoms with Crippen LogP contribution in [0.5, 0.6) is 5.75 Å². The van der Waals surface area contributed by atoms with Crippen molar-refractivity contribution >= 4 is 41.4 Å². The van der Waals surface area contributed by atoms with Crippen LogP contribution >= 0.6 is 0 Å². The molecule has 1 saturated carbocycles. The first-order valence-electron chi connectivity index (χ1n) is 14.9. The fraction of sp³-hybridized carbons (Fsp3) is 0.382. The first-order valence-corrected chi connectivity index (χ1v) is 14.9. The van der Waals surface area contributed by atoms with Crippen molar-refractivity contribution in [1.82, 2.24) is 4.90 Å². The molecule has 0 bridgehead atoms. The zero-order chi connectivity index (χ0) is 30.8. The fourth-order valence-corrected chi connectivity index (χ4v) is 5.66. The van der Waals surface area contributed by atoms with Crippen LogP contribution < -0.4 is 10.1 Å². The van der Waals surface area contributed by atoms with Gasteiger partial charge in [-0.3, -0.25) is 19.3 Å². The van der Waals surface area contributed by atoms with E-state index in [1.165, 1.54) is 87.3 Å². The topological polar surface area (TPSA) is 130 Å². The molecule has 0 aromatic heterocycles. The van der Waals surface area contributed by atoms with Gasteiger partial charge >= 0.3 is 11.9 Å². The average molecular weight is 587 g/mol. The van der Waals surface area contributed by atoms with E-state index in [0.29, 0.717) is 16.5 Å². The van der Waals surface area contributed by atoms with Crippen LogP contribution in [0.3, 0.4) is 0 Å². The zero-order valence-corrected chi connectivity index (χ0v) is 24.4. The van der Waals surface area contributed by atoms with Gasteiger partial charge in [0.25, 0.3) is 11.8 Å². The summed E-state index contributed by atoms with van der Waals surface area (Å²) in [6.07, 6.45) is 14.8. The van der Waals surface area contributed by atoms with E-state index in [-0.39, 0.29) is 5.75 Å². The van der Waals surface area contributed by atoms with Crippen LogP contribution in [0.15, 0.2) is 66.8 Å². The number of hydrogen-bond acceptors (Lipinski definition) is 6. The number of rotatable bonds is 13. The second-order valence-corrected chi connectivity index (χ2v) is 11.1. The van der Waals surface area contributed by atoms with Gasteiger partial charge < -0.3 is 15.2 Å². The Kier molecular flexibility index (Phi) is 11.0. The quantitative estimate of drug-likeness (QED) is 0.0988. The third-order valence-corrected chi connectivity index (χ3v) is 8.06. The number of nitrogens with zero attached hydrogens (tertiary/aromatic N) is 1. The van der Waals surface area contributed by atoms with Gasteiger partial charge in [0.1, 0.15) is 11.8 Å². The molecule has 0 radical (unpaired) electrons. The van der Waals surface area contributed by atoms with E-state index in [4.69, 9.17) is 4.74 Å². The van der Waals surface area contributed by atoms with E-state index >= 15 is 0 Å². The number of carboxylic acids is 1. The molecule has 1 heterocycles. The summed E-state index contributed by atoms with van der Waals surface area (Å²) in [6, 6.07) is 12.7. The Morgan fingerprint density at radius 3 is 2.21 bits per heavy atom. The van der Waals surface area contributed by atoms with E-state index in [0.717, 1.165) is 23.6 Å². The predicted octanol–water partition coefficient (Wildman–Crippen LogP) is 5.87. The average Bonchev–Trinajstić information content (AvgIpc) is 3.33. The second kappa shape index (κ2) is 15.1. The van der Waals surface area contributed by atoms with Crippen molar-refractivity contribution in [1.29, 1.82) is 0 Å². The highest BCUT2D eigenvalue weighted by molar-refractivity contribution is 6.15. The van der Waals surface area contributed by atoms with Gasteiger partial charge in [-0.25, -0.2) is 9.59 Å². The molecule has 2 aromatic rings. The van der Waals surface area contributed by atoms with Crippen LogP contribution in [0.1, 0.15) is 81.8 Å². The second-order valence-electron chi connectivity index (χ2n) is 11.1. The maximum atomic E-state index is 12.4. The predicted molar refractivity (Wildman–Crippen MR) is 162 cm³/mol. The summed E-state index contributed by atoms with van der Waals surface area (Å²) >= 11 is 0. The lowest BCUT2D eigenvalue weighted by Gasteiger charge is -2.29. The third-order valence-electron chi connectivity index (χ3n) is 8.06. The molecule has 2 aliphatic rings. The lowest BCUT2D eigenvalue weighted by Crippen LogP contribution is -2.46. The van der Waals surface area contributed by atoms with Gasteiger partial charge in [0.05, 0.1) is 6.42 Å². The molecule has 1 fully saturated rings. The molecular weight excluding hydrogens is 548 g/mol. The summed E-state index contributed by atoms with van der Waals surface area (Å²) in [5.74, 6) is -2.55. The van der Waals surface area contributed by atoms with Gasteiger partial charge in [-0.1, -0.05) is 56.9 Å². The molecule has 0 saturated heterocycles. The number of carbonyl (C=O) groups is 5. The van der Waals surface area contributed by atoms with Gasteiger partial charge in [-0.05, 0) is 79.0 Å². The lowest BCUT2D eigenvalue weighted by molar-refractivity contribution is -0.154. The van der Waals surface area contributed by atoms with Gasteiger partial charge in [0, 0.05) is 23.9 Å². The summed E-state index contributed by atoms with van der Waals surface area (Å²) < 4.78 is 5.34. The van der Waals surface area contributed by atoms with Crippen LogP contribution in [-0.4, -0.2) is 45.7 Å². The third kappa shape index (κ3) is 8.98. The lowest BCUT2D eigenvalue weighted by atomic mass is 9.77. The Balaban J connectivity index is 1.22. The number of benzene rings is 2. The standard InChI is InChI=1S/C34H38N2O7/c1-2-3-4-5-23-6-11-25(12-7-23)26-13-8-24(9-14-26)10-21-33(40)43-28-17-15-27(16-18-28)35-30(37)22-29(34(41)42)36-31(38)19-20-32(36)39/h8-10,13-21,23,25,29H,2-7,11-12,22H2,1H3,(H,35,37)(H,41,42)/b21-10+. The number of amides is 3. The van der Waals surface area contributed by atoms with E-state index in [9.17, 15) is 29.1 Å². The van der Waals surface area contributed by atoms with Crippen LogP contribution in [0, 0.1) is 5.92 Å². The van der Waals surface area contributed by atoms with Crippen LogP contribution in [0.2, 0.25) is 0 Å². The number of imide groups is 1. The van der Waals surface area contributed by atoms with Crippen molar-refractivity contribution in [2.24, 2.45) is 5.92 Å². The van der Waals surface area contributed by atoms with Crippen LogP contribution in [0.4, 0.5) is 5.69 Å². The number of anilines is 1. The van der Waals surface area contributed by atoms with Crippen LogP contribution in [-0.2, 0) is 24.0 Å². The number of nitrogens with one attached hydrogen (secondary N) is 1. The number of hydrogen-bond donors (Lipinski definition) is 2. The molecule has 0 spiro atoms. The summed E-state index contributed by atoms with van der Waals surface area (Å²) in [7, 11) is 0. The molecule has 2 N–H and O–H groups in total. The van der Waals surface area contributed by atoms with E-state index in [2.05, 4.69) is 24.4 Å². The van der Waals surface area contributed by atoms with Crippen LogP contribution in [0.25, 0.3) is 6.08 Å². The minimum Gasteiger partial charge on any atom is -0.480 e. The highest BCUT2D eigenvalue weighted by Crippen LogP contribution is 2.37. The summed E-state index contributed by atoms with van der Waals surface area (Å²) in [6.45, 7) is 2.25. The molecule has 2 aromatic carbocycles. The Labute approximate surface area is 251 Å². The van der Waals surface area contributed by atoms with Crippen molar-refractivity contribution in [3.05, 3.63) is 77.9 Å². The monoisotopic (exact) mass is 586 g/mol. The van der Waals surface area contributed by atoms with Crippen molar-refractivity contribution in [2.45, 2.75) is 76.7 Å². The van der Waals surface area contributed by atoms with Gasteiger partial charge in [0.2, 0.25) is 5.91 Å². The maximum Gasteiger partial charge on any atom is 0.336 e.